The molecule has 0 radical (unpaired) electrons. The van der Waals surface area contributed by atoms with Crippen molar-refractivity contribution >= 4 is 16.7 Å². The number of ketones is 1. The number of morpholine rings is 1. The number of carbonyl (C=O) groups excluding carboxylic acids is 1. The van der Waals surface area contributed by atoms with Crippen LogP contribution in [0.4, 0.5) is 0 Å². The number of rotatable bonds is 7. The number of hydrogen-bond donors (Lipinski definition) is 2. The van der Waals surface area contributed by atoms with Gasteiger partial charge in [0.05, 0.1) is 19.3 Å². The molecule has 1 aromatic heterocycles. The van der Waals surface area contributed by atoms with Crippen molar-refractivity contribution in [3.05, 3.63) is 71.9 Å². The largest absolute Gasteiger partial charge is 0.379 e. The highest BCUT2D eigenvalue weighted by Gasteiger charge is 2.24. The zero-order valence-corrected chi connectivity index (χ0v) is 15.4. The van der Waals surface area contributed by atoms with Crippen molar-refractivity contribution in [1.82, 2.24) is 15.2 Å². The monoisotopic (exact) mass is 363 g/mol. The van der Waals surface area contributed by atoms with Crippen molar-refractivity contribution in [3.8, 4) is 0 Å². The minimum absolute atomic E-state index is 0.0978. The molecular weight excluding hydrogens is 338 g/mol. The molecule has 5 heteroatoms. The van der Waals surface area contributed by atoms with Gasteiger partial charge in [0.15, 0.2) is 5.78 Å². The quantitative estimate of drug-likeness (QED) is 0.634. The topological polar surface area (TPSA) is 57.4 Å². The number of ether oxygens (including phenoxy) is 1. The first-order chi connectivity index (χ1) is 13.3. The van der Waals surface area contributed by atoms with Crippen LogP contribution >= 0.6 is 0 Å². The summed E-state index contributed by atoms with van der Waals surface area (Å²) in [7, 11) is 0. The van der Waals surface area contributed by atoms with Gasteiger partial charge in [-0.25, -0.2) is 0 Å². The normalized spacial score (nSPS) is 16.4. The van der Waals surface area contributed by atoms with Gasteiger partial charge in [-0.3, -0.25) is 9.69 Å². The second-order valence-corrected chi connectivity index (χ2v) is 6.86. The number of Topliss-reactive ketones (excluding diaryl/α,β-unsaturated/α-hetero) is 1. The van der Waals surface area contributed by atoms with Crippen molar-refractivity contribution in [1.29, 1.82) is 0 Å². The molecule has 140 valence electrons. The van der Waals surface area contributed by atoms with Crippen LogP contribution in [0.1, 0.15) is 22.0 Å². The first-order valence-electron chi connectivity index (χ1n) is 9.52. The van der Waals surface area contributed by atoms with Gasteiger partial charge in [0.1, 0.15) is 0 Å². The van der Waals surface area contributed by atoms with Crippen molar-refractivity contribution < 1.29 is 9.53 Å². The Hall–Kier alpha value is -2.47. The molecule has 1 aliphatic rings. The third-order valence-corrected chi connectivity index (χ3v) is 5.13. The molecule has 2 heterocycles. The molecule has 0 amide bonds. The van der Waals surface area contributed by atoms with Crippen LogP contribution in [0.5, 0.6) is 0 Å². The van der Waals surface area contributed by atoms with Gasteiger partial charge in [0, 0.05) is 48.8 Å². The van der Waals surface area contributed by atoms with E-state index in [1.807, 2.05) is 60.8 Å². The van der Waals surface area contributed by atoms with E-state index in [1.54, 1.807) is 0 Å². The molecule has 2 N–H and O–H groups in total. The third kappa shape index (κ3) is 4.11. The average molecular weight is 363 g/mol. The molecular formula is C22H25N3O2. The lowest BCUT2D eigenvalue weighted by molar-refractivity contribution is 0.0380. The van der Waals surface area contributed by atoms with Crippen LogP contribution in [-0.2, 0) is 4.74 Å². The standard InChI is InChI=1S/C22H25N3O2/c26-22(19-16-24-20-9-5-4-8-18(19)20)21(17-6-2-1-3-7-17)23-10-11-25-12-14-27-15-13-25/h1-9,16,21,23-24H,10-15H2/t21-/m1/s1. The smallest absolute Gasteiger partial charge is 0.186 e. The van der Waals surface area contributed by atoms with E-state index in [0.717, 1.165) is 61.4 Å². The molecule has 0 saturated carbocycles. The molecule has 1 fully saturated rings. The summed E-state index contributed by atoms with van der Waals surface area (Å²) in [5.41, 5.74) is 2.72. The SMILES string of the molecule is O=C(c1c[nH]c2ccccc12)[C@H](NCCN1CCOCC1)c1ccccc1. The highest BCUT2D eigenvalue weighted by Crippen LogP contribution is 2.24. The summed E-state index contributed by atoms with van der Waals surface area (Å²) < 4.78 is 5.40. The maximum atomic E-state index is 13.4. The summed E-state index contributed by atoms with van der Waals surface area (Å²) in [5, 5.41) is 4.46. The Kier molecular flexibility index (Phi) is 5.63. The number of fused-ring (bicyclic) bond motifs is 1. The average Bonchev–Trinajstić information content (AvgIpc) is 3.16. The number of aromatic nitrogens is 1. The molecule has 0 bridgehead atoms. The Balaban J connectivity index is 1.53. The Morgan fingerprint density at radius 2 is 1.81 bits per heavy atom. The van der Waals surface area contributed by atoms with Crippen LogP contribution in [0.25, 0.3) is 10.9 Å². The Morgan fingerprint density at radius 1 is 1.07 bits per heavy atom. The Bertz CT molecular complexity index is 885. The summed E-state index contributed by atoms with van der Waals surface area (Å²) in [6.07, 6.45) is 1.83. The molecule has 27 heavy (non-hydrogen) atoms. The zero-order valence-electron chi connectivity index (χ0n) is 15.4. The van der Waals surface area contributed by atoms with Gasteiger partial charge in [-0.1, -0.05) is 48.5 Å². The molecule has 0 aliphatic carbocycles. The second-order valence-electron chi connectivity index (χ2n) is 6.86. The van der Waals surface area contributed by atoms with E-state index in [4.69, 9.17) is 4.74 Å². The fourth-order valence-electron chi connectivity index (χ4n) is 3.63. The van der Waals surface area contributed by atoms with Crippen molar-refractivity contribution in [3.63, 3.8) is 0 Å². The summed E-state index contributed by atoms with van der Waals surface area (Å²) >= 11 is 0. The van der Waals surface area contributed by atoms with Crippen LogP contribution in [0.3, 0.4) is 0 Å². The van der Waals surface area contributed by atoms with E-state index in [1.165, 1.54) is 0 Å². The van der Waals surface area contributed by atoms with Gasteiger partial charge in [-0.15, -0.1) is 0 Å². The van der Waals surface area contributed by atoms with Crippen LogP contribution in [0, 0.1) is 0 Å². The van der Waals surface area contributed by atoms with Gasteiger partial charge in [0.2, 0.25) is 0 Å². The van der Waals surface area contributed by atoms with Crippen molar-refractivity contribution in [2.24, 2.45) is 0 Å². The fourth-order valence-corrected chi connectivity index (χ4v) is 3.63. The van der Waals surface area contributed by atoms with Crippen molar-refractivity contribution in [2.45, 2.75) is 6.04 Å². The van der Waals surface area contributed by atoms with Crippen molar-refractivity contribution in [2.75, 3.05) is 39.4 Å². The minimum atomic E-state index is -0.355. The van der Waals surface area contributed by atoms with Gasteiger partial charge < -0.3 is 15.0 Å². The number of aromatic amines is 1. The lowest BCUT2D eigenvalue weighted by atomic mass is 9.97. The first-order valence-corrected chi connectivity index (χ1v) is 9.52. The second kappa shape index (κ2) is 8.48. The van der Waals surface area contributed by atoms with E-state index in [9.17, 15) is 4.79 Å². The van der Waals surface area contributed by atoms with E-state index in [-0.39, 0.29) is 11.8 Å². The molecule has 1 saturated heterocycles. The molecule has 0 spiro atoms. The van der Waals surface area contributed by atoms with E-state index in [2.05, 4.69) is 15.2 Å². The molecule has 1 aliphatic heterocycles. The van der Waals surface area contributed by atoms with Gasteiger partial charge in [0.25, 0.3) is 0 Å². The zero-order chi connectivity index (χ0) is 18.5. The van der Waals surface area contributed by atoms with Crippen LogP contribution < -0.4 is 5.32 Å². The molecule has 3 aromatic rings. The lowest BCUT2D eigenvalue weighted by Crippen LogP contribution is -2.41. The molecule has 0 unspecified atom stereocenters. The van der Waals surface area contributed by atoms with Crippen LogP contribution in [0.15, 0.2) is 60.8 Å². The molecule has 1 atom stereocenters. The van der Waals surface area contributed by atoms with E-state index < -0.39 is 0 Å². The van der Waals surface area contributed by atoms with Gasteiger partial charge in [-0.05, 0) is 11.6 Å². The number of para-hydroxylation sites is 1. The molecule has 5 nitrogen and oxygen atoms in total. The summed E-state index contributed by atoms with van der Waals surface area (Å²) in [5.74, 6) is 0.0978. The lowest BCUT2D eigenvalue weighted by Gasteiger charge is -2.27. The van der Waals surface area contributed by atoms with E-state index >= 15 is 0 Å². The number of carbonyl (C=O) groups is 1. The van der Waals surface area contributed by atoms with Gasteiger partial charge in [-0.2, -0.15) is 0 Å². The number of hydrogen-bond acceptors (Lipinski definition) is 4. The number of nitrogens with zero attached hydrogens (tertiary/aromatic N) is 1. The van der Waals surface area contributed by atoms with Crippen LogP contribution in [0.2, 0.25) is 0 Å². The molecule has 2 aromatic carbocycles. The predicted octanol–water partition coefficient (Wildman–Crippen LogP) is 3.01. The Labute approximate surface area is 159 Å². The predicted molar refractivity (Wildman–Crippen MR) is 107 cm³/mol. The number of H-pyrrole nitrogens is 1. The highest BCUT2D eigenvalue weighted by atomic mass is 16.5. The first kappa shape index (κ1) is 17.9. The van der Waals surface area contributed by atoms with E-state index in [0.29, 0.717) is 0 Å². The van der Waals surface area contributed by atoms with Crippen LogP contribution in [-0.4, -0.2) is 55.1 Å². The molecule has 4 rings (SSSR count). The third-order valence-electron chi connectivity index (χ3n) is 5.13. The minimum Gasteiger partial charge on any atom is -0.379 e. The maximum absolute atomic E-state index is 13.4. The van der Waals surface area contributed by atoms with Gasteiger partial charge >= 0.3 is 0 Å². The fraction of sp³-hybridized carbons (Fsp3) is 0.318. The maximum Gasteiger partial charge on any atom is 0.186 e. The number of benzene rings is 2. The summed E-state index contributed by atoms with van der Waals surface area (Å²) in [4.78, 5) is 19.0. The Morgan fingerprint density at radius 3 is 2.63 bits per heavy atom. The number of nitrogens with one attached hydrogen (secondary N) is 2. The summed E-state index contributed by atoms with van der Waals surface area (Å²) in [6.45, 7) is 5.15. The highest BCUT2D eigenvalue weighted by molar-refractivity contribution is 6.10. The summed E-state index contributed by atoms with van der Waals surface area (Å²) in [6, 6.07) is 17.5.